The zero-order valence-corrected chi connectivity index (χ0v) is 10.8. The van der Waals surface area contributed by atoms with Gasteiger partial charge < -0.3 is 14.7 Å². The standard InChI is InChI=1S/C13H16ClNO3/c14-7-10-1-3-11(4-2-10)13(17)15-5-6-18-12(8-15)9-16/h1-4,12,16H,5-9H2. The van der Waals surface area contributed by atoms with E-state index in [1.165, 1.54) is 0 Å². The van der Waals surface area contributed by atoms with Crippen LogP contribution in [0.4, 0.5) is 0 Å². The number of morpholine rings is 1. The maximum atomic E-state index is 12.2. The highest BCUT2D eigenvalue weighted by Crippen LogP contribution is 2.12. The smallest absolute Gasteiger partial charge is 0.254 e. The maximum absolute atomic E-state index is 12.2. The number of rotatable bonds is 3. The van der Waals surface area contributed by atoms with Crippen molar-refractivity contribution in [3.05, 3.63) is 35.4 Å². The van der Waals surface area contributed by atoms with Crippen LogP contribution in [-0.2, 0) is 10.6 Å². The van der Waals surface area contributed by atoms with Crippen LogP contribution in [0.5, 0.6) is 0 Å². The molecule has 0 bridgehead atoms. The molecule has 1 aromatic carbocycles. The molecule has 5 heteroatoms. The van der Waals surface area contributed by atoms with Crippen molar-refractivity contribution in [1.29, 1.82) is 0 Å². The summed E-state index contributed by atoms with van der Waals surface area (Å²) < 4.78 is 5.32. The van der Waals surface area contributed by atoms with Crippen LogP contribution in [0.2, 0.25) is 0 Å². The predicted octanol–water partition coefficient (Wildman–Crippen LogP) is 1.26. The number of alkyl halides is 1. The largest absolute Gasteiger partial charge is 0.394 e. The van der Waals surface area contributed by atoms with Crippen LogP contribution in [0.25, 0.3) is 0 Å². The van der Waals surface area contributed by atoms with Gasteiger partial charge >= 0.3 is 0 Å². The Morgan fingerprint density at radius 1 is 1.44 bits per heavy atom. The summed E-state index contributed by atoms with van der Waals surface area (Å²) in [6.07, 6.45) is -0.273. The molecule has 1 saturated heterocycles. The minimum Gasteiger partial charge on any atom is -0.394 e. The Hall–Kier alpha value is -1.10. The van der Waals surface area contributed by atoms with Gasteiger partial charge in [-0.25, -0.2) is 0 Å². The number of aliphatic hydroxyl groups is 1. The number of hydrogen-bond donors (Lipinski definition) is 1. The average Bonchev–Trinajstić information content (AvgIpc) is 2.46. The highest BCUT2D eigenvalue weighted by atomic mass is 35.5. The molecular formula is C13H16ClNO3. The molecule has 0 aliphatic carbocycles. The van der Waals surface area contributed by atoms with E-state index in [2.05, 4.69) is 0 Å². The average molecular weight is 270 g/mol. The number of amides is 1. The Morgan fingerprint density at radius 2 is 2.17 bits per heavy atom. The first-order chi connectivity index (χ1) is 8.74. The number of hydrogen-bond acceptors (Lipinski definition) is 3. The van der Waals surface area contributed by atoms with E-state index >= 15 is 0 Å². The summed E-state index contributed by atoms with van der Waals surface area (Å²) in [6.45, 7) is 1.41. The molecule has 1 heterocycles. The molecule has 1 unspecified atom stereocenters. The summed E-state index contributed by atoms with van der Waals surface area (Å²) >= 11 is 5.71. The van der Waals surface area contributed by atoms with Crippen LogP contribution in [0, 0.1) is 0 Å². The van der Waals surface area contributed by atoms with Crippen LogP contribution in [0.3, 0.4) is 0 Å². The Morgan fingerprint density at radius 3 is 2.78 bits per heavy atom. The molecule has 4 nitrogen and oxygen atoms in total. The molecule has 1 aliphatic rings. The van der Waals surface area contributed by atoms with Crippen LogP contribution < -0.4 is 0 Å². The summed E-state index contributed by atoms with van der Waals surface area (Å²) in [6, 6.07) is 7.27. The van der Waals surface area contributed by atoms with Crippen LogP contribution in [-0.4, -0.2) is 48.3 Å². The summed E-state index contributed by atoms with van der Waals surface area (Å²) in [4.78, 5) is 13.9. The zero-order chi connectivity index (χ0) is 13.0. The first kappa shape index (κ1) is 13.3. The van der Waals surface area contributed by atoms with Gasteiger partial charge in [0.15, 0.2) is 0 Å². The molecule has 1 N–H and O–H groups in total. The molecule has 1 aliphatic heterocycles. The fraction of sp³-hybridized carbons (Fsp3) is 0.462. The number of halogens is 1. The highest BCUT2D eigenvalue weighted by molar-refractivity contribution is 6.17. The lowest BCUT2D eigenvalue weighted by Gasteiger charge is -2.32. The van der Waals surface area contributed by atoms with Gasteiger partial charge in [-0.05, 0) is 17.7 Å². The van der Waals surface area contributed by atoms with Crippen LogP contribution in [0.15, 0.2) is 24.3 Å². The van der Waals surface area contributed by atoms with E-state index in [-0.39, 0.29) is 18.6 Å². The Bertz CT molecular complexity index is 407. The number of nitrogens with zero attached hydrogens (tertiary/aromatic N) is 1. The number of carbonyl (C=O) groups excluding carboxylic acids is 1. The predicted molar refractivity (Wildman–Crippen MR) is 68.7 cm³/mol. The van der Waals surface area contributed by atoms with E-state index in [9.17, 15) is 4.79 Å². The van der Waals surface area contributed by atoms with Crippen molar-refractivity contribution in [3.63, 3.8) is 0 Å². The number of benzene rings is 1. The molecule has 2 rings (SSSR count). The molecule has 0 aromatic heterocycles. The van der Waals surface area contributed by atoms with E-state index < -0.39 is 0 Å². The SMILES string of the molecule is O=C(c1ccc(CCl)cc1)N1CCOC(CO)C1. The molecule has 18 heavy (non-hydrogen) atoms. The molecule has 0 radical (unpaired) electrons. The number of ether oxygens (including phenoxy) is 1. The minimum absolute atomic E-state index is 0.0297. The van der Waals surface area contributed by atoms with Gasteiger partial charge in [0.25, 0.3) is 5.91 Å². The topological polar surface area (TPSA) is 49.8 Å². The van der Waals surface area contributed by atoms with Gasteiger partial charge in [0.05, 0.1) is 19.3 Å². The summed E-state index contributed by atoms with van der Waals surface area (Å²) in [5.41, 5.74) is 1.63. The minimum atomic E-state index is -0.273. The first-order valence-corrected chi connectivity index (χ1v) is 6.44. The molecule has 0 spiro atoms. The maximum Gasteiger partial charge on any atom is 0.254 e. The van der Waals surface area contributed by atoms with Crippen molar-refractivity contribution in [3.8, 4) is 0 Å². The lowest BCUT2D eigenvalue weighted by molar-refractivity contribution is -0.0447. The van der Waals surface area contributed by atoms with Gasteiger partial charge in [-0.3, -0.25) is 4.79 Å². The summed E-state index contributed by atoms with van der Waals surface area (Å²) in [5, 5.41) is 9.05. The molecule has 1 amide bonds. The van der Waals surface area contributed by atoms with E-state index in [1.54, 1.807) is 17.0 Å². The van der Waals surface area contributed by atoms with Crippen molar-refractivity contribution in [2.75, 3.05) is 26.3 Å². The van der Waals surface area contributed by atoms with Crippen molar-refractivity contribution >= 4 is 17.5 Å². The van der Waals surface area contributed by atoms with E-state index in [1.807, 2.05) is 12.1 Å². The van der Waals surface area contributed by atoms with Gasteiger partial charge in [0.2, 0.25) is 0 Å². The second kappa shape index (κ2) is 6.18. The lowest BCUT2D eigenvalue weighted by atomic mass is 10.1. The fourth-order valence-electron chi connectivity index (χ4n) is 1.93. The van der Waals surface area contributed by atoms with E-state index in [0.29, 0.717) is 31.1 Å². The quantitative estimate of drug-likeness (QED) is 0.841. The molecule has 0 saturated carbocycles. The fourth-order valence-corrected chi connectivity index (χ4v) is 2.11. The van der Waals surface area contributed by atoms with Crippen LogP contribution >= 0.6 is 11.6 Å². The van der Waals surface area contributed by atoms with Gasteiger partial charge in [0.1, 0.15) is 0 Å². The third kappa shape index (κ3) is 3.02. The Kier molecular flexibility index (Phi) is 4.58. The Labute approximate surface area is 111 Å². The van der Waals surface area contributed by atoms with E-state index in [4.69, 9.17) is 21.4 Å². The van der Waals surface area contributed by atoms with Gasteiger partial charge in [-0.15, -0.1) is 11.6 Å². The summed E-state index contributed by atoms with van der Waals surface area (Å²) in [5.74, 6) is 0.413. The van der Waals surface area contributed by atoms with E-state index in [0.717, 1.165) is 5.56 Å². The van der Waals surface area contributed by atoms with Crippen molar-refractivity contribution in [2.45, 2.75) is 12.0 Å². The van der Waals surface area contributed by atoms with Crippen LogP contribution in [0.1, 0.15) is 15.9 Å². The van der Waals surface area contributed by atoms with Gasteiger partial charge in [-0.2, -0.15) is 0 Å². The second-order valence-electron chi connectivity index (χ2n) is 4.26. The molecular weight excluding hydrogens is 254 g/mol. The van der Waals surface area contributed by atoms with Crippen molar-refractivity contribution in [1.82, 2.24) is 4.90 Å². The molecule has 1 aromatic rings. The normalized spacial score (nSPS) is 19.9. The monoisotopic (exact) mass is 269 g/mol. The number of carbonyl (C=O) groups is 1. The van der Waals surface area contributed by atoms with Crippen molar-refractivity contribution < 1.29 is 14.6 Å². The zero-order valence-electron chi connectivity index (χ0n) is 10.0. The summed E-state index contributed by atoms with van der Waals surface area (Å²) in [7, 11) is 0. The number of aliphatic hydroxyl groups excluding tert-OH is 1. The molecule has 1 fully saturated rings. The Balaban J connectivity index is 2.05. The third-order valence-corrected chi connectivity index (χ3v) is 3.29. The second-order valence-corrected chi connectivity index (χ2v) is 4.52. The van der Waals surface area contributed by atoms with Gasteiger partial charge in [0, 0.05) is 24.5 Å². The first-order valence-electron chi connectivity index (χ1n) is 5.91. The molecule has 98 valence electrons. The highest BCUT2D eigenvalue weighted by Gasteiger charge is 2.24. The van der Waals surface area contributed by atoms with Gasteiger partial charge in [-0.1, -0.05) is 12.1 Å². The van der Waals surface area contributed by atoms with Crippen molar-refractivity contribution in [2.24, 2.45) is 0 Å². The molecule has 1 atom stereocenters. The lowest BCUT2D eigenvalue weighted by Crippen LogP contribution is -2.46. The third-order valence-electron chi connectivity index (χ3n) is 2.98.